The number of carboxylic acids is 1. The van der Waals surface area contributed by atoms with Crippen LogP contribution in [0.25, 0.3) is 5.95 Å². The van der Waals surface area contributed by atoms with E-state index in [1.165, 1.54) is 53.4 Å². The van der Waals surface area contributed by atoms with Crippen LogP contribution in [0.4, 0.5) is 11.6 Å². The summed E-state index contributed by atoms with van der Waals surface area (Å²) in [6, 6.07) is 8.01. The van der Waals surface area contributed by atoms with Gasteiger partial charge < -0.3 is 10.4 Å². The number of hydrogen-bond donors (Lipinski definition) is 4. The molecule has 2 aromatic heterocycles. The van der Waals surface area contributed by atoms with Crippen LogP contribution in [0.1, 0.15) is 10.4 Å². The molecular weight excluding hydrogens is 482 g/mol. The maximum Gasteiger partial charge on any atom is 0.446 e. The topological polar surface area (TPSA) is 210 Å². The first-order valence-corrected chi connectivity index (χ1v) is 11.9. The number of H-pyrrole nitrogens is 1. The van der Waals surface area contributed by atoms with Gasteiger partial charge in [-0.1, -0.05) is 0 Å². The van der Waals surface area contributed by atoms with Crippen molar-refractivity contribution in [2.75, 3.05) is 17.7 Å². The van der Waals surface area contributed by atoms with Gasteiger partial charge in [0.2, 0.25) is 0 Å². The highest BCUT2D eigenvalue weighted by atomic mass is 32.3. The second-order valence-corrected chi connectivity index (χ2v) is 9.53. The minimum atomic E-state index is -4.75. The Morgan fingerprint density at radius 2 is 1.82 bits per heavy atom. The number of rotatable bonds is 9. The van der Waals surface area contributed by atoms with Crippen molar-refractivity contribution in [3.8, 4) is 5.95 Å². The lowest BCUT2D eigenvalue weighted by atomic mass is 10.3. The highest BCUT2D eigenvalue weighted by Gasteiger charge is 2.18. The Bertz CT molecular complexity index is 1450. The molecule has 4 N–H and O–H groups in total. The fourth-order valence-corrected chi connectivity index (χ4v) is 4.01. The second kappa shape index (κ2) is 9.41. The van der Waals surface area contributed by atoms with Gasteiger partial charge in [0, 0.05) is 5.69 Å². The van der Waals surface area contributed by atoms with Gasteiger partial charge in [-0.3, -0.25) is 4.55 Å². The summed E-state index contributed by atoms with van der Waals surface area (Å²) in [7, 11) is -8.65. The van der Waals surface area contributed by atoms with Crippen LogP contribution in [-0.2, 0) is 24.4 Å². The standard InChI is InChI=1S/C17H15N5O9S2/c23-14(24)11-2-1-7-22(10-11)16-19-15(20-17(25)21-16)18-12-3-5-13(6-4-12)32(26,27)9-8-31-33(28,29)30/h1-7,10H,8-9H2,(H3-,18,19,20,21,23,24,25,28,29,30)/p+1. The van der Waals surface area contributed by atoms with E-state index in [1.54, 1.807) is 0 Å². The SMILES string of the molecule is O=C(O)c1ccc[n+](-c2nc(Nc3ccc(S(=O)(=O)CCOS(=O)(=O)O)cc3)[nH]c(=O)n2)c1. The third-order valence-corrected chi connectivity index (χ3v) is 6.14. The molecule has 0 spiro atoms. The number of sulfone groups is 1. The smallest absolute Gasteiger partial charge is 0.446 e. The van der Waals surface area contributed by atoms with Crippen LogP contribution in [0.3, 0.4) is 0 Å². The summed E-state index contributed by atoms with van der Waals surface area (Å²) in [5.74, 6) is -2.01. The number of nitrogens with zero attached hydrogens (tertiary/aromatic N) is 3. The number of aromatic nitrogens is 4. The van der Waals surface area contributed by atoms with Crippen molar-refractivity contribution in [1.29, 1.82) is 0 Å². The van der Waals surface area contributed by atoms with Gasteiger partial charge in [-0.25, -0.2) is 31.7 Å². The van der Waals surface area contributed by atoms with Gasteiger partial charge in [-0.05, 0) is 46.4 Å². The predicted octanol–water partition coefficient (Wildman–Crippen LogP) is -0.523. The van der Waals surface area contributed by atoms with Crippen LogP contribution in [0.5, 0.6) is 0 Å². The molecule has 174 valence electrons. The molecule has 3 aromatic rings. The number of carbonyl (C=O) groups is 1. The Kier molecular flexibility index (Phi) is 6.82. The zero-order valence-corrected chi connectivity index (χ0v) is 18.1. The Balaban J connectivity index is 1.78. The maximum atomic E-state index is 12.2. The van der Waals surface area contributed by atoms with Crippen molar-refractivity contribution in [2.45, 2.75) is 4.90 Å². The molecule has 0 aliphatic heterocycles. The third kappa shape index (κ3) is 6.62. The lowest BCUT2D eigenvalue weighted by Gasteiger charge is -2.06. The van der Waals surface area contributed by atoms with Crippen molar-refractivity contribution in [1.82, 2.24) is 15.0 Å². The van der Waals surface area contributed by atoms with E-state index in [-0.39, 0.29) is 22.4 Å². The fourth-order valence-electron chi connectivity index (χ4n) is 2.52. The average molecular weight is 498 g/mol. The molecule has 16 heteroatoms. The van der Waals surface area contributed by atoms with Crippen LogP contribution >= 0.6 is 0 Å². The van der Waals surface area contributed by atoms with Crippen molar-refractivity contribution in [3.05, 3.63) is 64.8 Å². The molecule has 0 bridgehead atoms. The van der Waals surface area contributed by atoms with Gasteiger partial charge in [0.05, 0.1) is 35.2 Å². The number of pyridine rings is 1. The number of nitrogens with one attached hydrogen (secondary N) is 2. The first-order valence-electron chi connectivity index (χ1n) is 8.88. The molecule has 33 heavy (non-hydrogen) atoms. The molecule has 2 heterocycles. The summed E-state index contributed by atoms with van der Waals surface area (Å²) in [6.07, 6.45) is 2.68. The van der Waals surface area contributed by atoms with Crippen LogP contribution in [0, 0.1) is 0 Å². The highest BCUT2D eigenvalue weighted by Crippen LogP contribution is 2.17. The molecule has 0 atom stereocenters. The molecule has 0 aliphatic carbocycles. The molecule has 0 saturated carbocycles. The van der Waals surface area contributed by atoms with Gasteiger partial charge in [0.1, 0.15) is 0 Å². The van der Waals surface area contributed by atoms with Crippen LogP contribution in [0.2, 0.25) is 0 Å². The van der Waals surface area contributed by atoms with Gasteiger partial charge in [-0.2, -0.15) is 8.42 Å². The number of benzene rings is 1. The Morgan fingerprint density at radius 3 is 2.45 bits per heavy atom. The largest absolute Gasteiger partial charge is 0.478 e. The number of hydrogen-bond acceptors (Lipinski definition) is 10. The van der Waals surface area contributed by atoms with E-state index in [1.807, 2.05) is 0 Å². The van der Waals surface area contributed by atoms with E-state index >= 15 is 0 Å². The van der Waals surface area contributed by atoms with Crippen molar-refractivity contribution in [2.24, 2.45) is 0 Å². The number of anilines is 2. The average Bonchev–Trinajstić information content (AvgIpc) is 2.72. The van der Waals surface area contributed by atoms with E-state index in [9.17, 15) is 26.4 Å². The fraction of sp³-hybridized carbons (Fsp3) is 0.118. The summed E-state index contributed by atoms with van der Waals surface area (Å²) >= 11 is 0. The first kappa shape index (κ1) is 23.9. The lowest BCUT2D eigenvalue weighted by molar-refractivity contribution is -0.603. The summed E-state index contributed by atoms with van der Waals surface area (Å²) in [6.45, 7) is -0.757. The van der Waals surface area contributed by atoms with E-state index in [4.69, 9.17) is 9.66 Å². The van der Waals surface area contributed by atoms with Crippen LogP contribution in [0.15, 0.2) is 58.5 Å². The minimum Gasteiger partial charge on any atom is -0.478 e. The highest BCUT2D eigenvalue weighted by molar-refractivity contribution is 7.91. The van der Waals surface area contributed by atoms with E-state index in [2.05, 4.69) is 24.5 Å². The van der Waals surface area contributed by atoms with Gasteiger partial charge in [0.25, 0.3) is 5.95 Å². The van der Waals surface area contributed by atoms with Crippen LogP contribution < -0.4 is 15.6 Å². The molecule has 0 aliphatic rings. The molecule has 0 amide bonds. The molecule has 3 rings (SSSR count). The normalized spacial score (nSPS) is 11.8. The lowest BCUT2D eigenvalue weighted by Crippen LogP contribution is -2.36. The van der Waals surface area contributed by atoms with Crippen molar-refractivity contribution >= 4 is 37.8 Å². The monoisotopic (exact) mass is 498 g/mol. The van der Waals surface area contributed by atoms with Crippen molar-refractivity contribution < 1.29 is 40.0 Å². The summed E-state index contributed by atoms with van der Waals surface area (Å²) in [5.41, 5.74) is -0.476. The summed E-state index contributed by atoms with van der Waals surface area (Å²) in [5, 5.41) is 11.9. The van der Waals surface area contributed by atoms with E-state index in [0.717, 1.165) is 0 Å². The Labute approximate surface area is 186 Å². The number of carboxylic acid groups (broad SMARTS) is 1. The molecule has 0 fully saturated rings. The quantitative estimate of drug-likeness (QED) is 0.217. The van der Waals surface area contributed by atoms with E-state index < -0.39 is 44.3 Å². The summed E-state index contributed by atoms with van der Waals surface area (Å²) < 4.78 is 59.2. The zero-order valence-electron chi connectivity index (χ0n) is 16.4. The Morgan fingerprint density at radius 1 is 1.12 bits per heavy atom. The van der Waals surface area contributed by atoms with Gasteiger partial charge >= 0.3 is 28.0 Å². The van der Waals surface area contributed by atoms with E-state index in [0.29, 0.717) is 5.69 Å². The molecule has 14 nitrogen and oxygen atoms in total. The maximum absolute atomic E-state index is 12.2. The second-order valence-electron chi connectivity index (χ2n) is 6.33. The molecule has 1 aromatic carbocycles. The first-order chi connectivity index (χ1) is 15.4. The predicted molar refractivity (Wildman–Crippen MR) is 110 cm³/mol. The van der Waals surface area contributed by atoms with Gasteiger partial charge in [0.15, 0.2) is 9.84 Å². The minimum absolute atomic E-state index is 0.0459. The summed E-state index contributed by atoms with van der Waals surface area (Å²) in [4.78, 5) is 33.1. The number of aromatic carboxylic acids is 1. The number of aromatic amines is 1. The van der Waals surface area contributed by atoms with Gasteiger partial charge in [-0.15, -0.1) is 0 Å². The third-order valence-electron chi connectivity index (χ3n) is 3.98. The molecular formula is C17H16N5O9S2+. The molecule has 0 unspecified atom stereocenters. The Hall–Kier alpha value is -3.73. The zero-order chi connectivity index (χ0) is 24.2. The van der Waals surface area contributed by atoms with Crippen molar-refractivity contribution in [3.63, 3.8) is 0 Å². The molecule has 0 radical (unpaired) electrons. The van der Waals surface area contributed by atoms with Crippen LogP contribution in [-0.4, -0.2) is 59.8 Å². The molecule has 0 saturated heterocycles.